The fourth-order valence-electron chi connectivity index (χ4n) is 6.48. The molecule has 5 rings (SSSR count). The number of unbranched alkanes of at least 4 members (excludes halogenated alkanes) is 1. The van der Waals surface area contributed by atoms with E-state index >= 15 is 0 Å². The number of rotatable bonds is 8. The summed E-state index contributed by atoms with van der Waals surface area (Å²) in [6, 6.07) is 13.6. The summed E-state index contributed by atoms with van der Waals surface area (Å²) in [6.45, 7) is 3.99. The van der Waals surface area contributed by atoms with Gasteiger partial charge in [0.05, 0.1) is 28.1 Å². The van der Waals surface area contributed by atoms with Crippen molar-refractivity contribution in [3.8, 4) is 0 Å². The molecule has 196 valence electrons. The monoisotopic (exact) mass is 525 g/mol. The lowest BCUT2D eigenvalue weighted by Crippen LogP contribution is -2.53. The summed E-state index contributed by atoms with van der Waals surface area (Å²) in [5.41, 5.74) is -0.0524. The van der Waals surface area contributed by atoms with E-state index in [0.29, 0.717) is 42.1 Å². The molecule has 3 amide bonds. The van der Waals surface area contributed by atoms with Crippen LogP contribution >= 0.6 is 11.6 Å². The zero-order chi connectivity index (χ0) is 26.4. The Morgan fingerprint density at radius 3 is 2.54 bits per heavy atom. The van der Waals surface area contributed by atoms with E-state index in [0.717, 1.165) is 5.56 Å². The van der Waals surface area contributed by atoms with Crippen LogP contribution in [0, 0.1) is 18.8 Å². The van der Waals surface area contributed by atoms with Crippen molar-refractivity contribution in [1.82, 2.24) is 4.90 Å². The second kappa shape index (κ2) is 9.74. The number of para-hydroxylation sites is 2. The van der Waals surface area contributed by atoms with Gasteiger partial charge < -0.3 is 25.4 Å². The zero-order valence-electron chi connectivity index (χ0n) is 21.0. The minimum absolute atomic E-state index is 0.0110. The number of ether oxygens (including phenoxy) is 1. The maximum Gasteiger partial charge on any atom is 0.250 e. The number of amides is 3. The van der Waals surface area contributed by atoms with Gasteiger partial charge in [-0.05, 0) is 63.3 Å². The first-order chi connectivity index (χ1) is 17.7. The summed E-state index contributed by atoms with van der Waals surface area (Å²) >= 11 is 6.39. The number of carbonyl (C=O) groups excluding carboxylic acids is 3. The molecule has 3 aliphatic rings. The number of halogens is 1. The Balaban J connectivity index is 1.50. The molecule has 1 spiro atoms. The van der Waals surface area contributed by atoms with E-state index in [4.69, 9.17) is 16.3 Å². The number of nitrogens with zero attached hydrogens (tertiary/aromatic N) is 1. The number of aliphatic hydroxyl groups is 1. The first-order valence-corrected chi connectivity index (χ1v) is 13.1. The Morgan fingerprint density at radius 1 is 1.08 bits per heavy atom. The highest BCUT2D eigenvalue weighted by molar-refractivity contribution is 6.34. The molecule has 2 aromatic rings. The molecular weight excluding hydrogens is 494 g/mol. The number of anilines is 2. The second-order valence-electron chi connectivity index (χ2n) is 10.5. The minimum Gasteiger partial charge on any atom is -0.396 e. The van der Waals surface area contributed by atoms with Crippen LogP contribution in [-0.2, 0) is 19.1 Å². The maximum atomic E-state index is 14.0. The van der Waals surface area contributed by atoms with Gasteiger partial charge in [0.2, 0.25) is 17.7 Å². The van der Waals surface area contributed by atoms with Crippen LogP contribution in [0.1, 0.15) is 38.2 Å². The van der Waals surface area contributed by atoms with Crippen LogP contribution in [-0.4, -0.2) is 58.1 Å². The molecule has 37 heavy (non-hydrogen) atoms. The van der Waals surface area contributed by atoms with Crippen LogP contribution in [0.15, 0.2) is 48.5 Å². The summed E-state index contributed by atoms with van der Waals surface area (Å²) in [5.74, 6) is -2.46. The maximum absolute atomic E-state index is 14.0. The zero-order valence-corrected chi connectivity index (χ0v) is 21.8. The van der Waals surface area contributed by atoms with E-state index in [-0.39, 0.29) is 30.9 Å². The molecule has 3 heterocycles. The molecule has 0 radical (unpaired) electrons. The van der Waals surface area contributed by atoms with Gasteiger partial charge in [-0.1, -0.05) is 41.9 Å². The smallest absolute Gasteiger partial charge is 0.250 e. The van der Waals surface area contributed by atoms with Gasteiger partial charge >= 0.3 is 0 Å². The number of aliphatic hydroxyl groups excluding tert-OH is 1. The number of likely N-dealkylation sites (tertiary alicyclic amines) is 1. The summed E-state index contributed by atoms with van der Waals surface area (Å²) in [4.78, 5) is 43.0. The van der Waals surface area contributed by atoms with Crippen LogP contribution in [0.4, 0.5) is 11.4 Å². The Bertz CT molecular complexity index is 1200. The Labute approximate surface area is 221 Å². The number of aryl methyl sites for hydroxylation is 1. The highest BCUT2D eigenvalue weighted by atomic mass is 35.5. The van der Waals surface area contributed by atoms with Crippen molar-refractivity contribution in [2.75, 3.05) is 23.8 Å². The SMILES string of the molecule is Cc1cccc(Cl)c1NC(=O)C1N(CCCCO)C(=O)[C@@H]2[C@H](C(=O)Nc3ccccc3)[C@]3(C)CCC12O3. The molecule has 0 saturated carbocycles. The fourth-order valence-corrected chi connectivity index (χ4v) is 6.75. The molecule has 8 nitrogen and oxygen atoms in total. The highest BCUT2D eigenvalue weighted by Crippen LogP contribution is 2.63. The van der Waals surface area contributed by atoms with Gasteiger partial charge in [0.15, 0.2) is 0 Å². The molecule has 2 bridgehead atoms. The van der Waals surface area contributed by atoms with E-state index in [1.165, 1.54) is 0 Å². The molecule has 3 saturated heterocycles. The van der Waals surface area contributed by atoms with Gasteiger partial charge in [-0.15, -0.1) is 0 Å². The number of fused-ring (bicyclic) bond motifs is 1. The van der Waals surface area contributed by atoms with Gasteiger partial charge in [-0.3, -0.25) is 14.4 Å². The molecule has 9 heteroatoms. The van der Waals surface area contributed by atoms with Crippen LogP contribution in [0.3, 0.4) is 0 Å². The molecule has 3 N–H and O–H groups in total. The van der Waals surface area contributed by atoms with Crippen molar-refractivity contribution in [1.29, 1.82) is 0 Å². The molecule has 3 aliphatic heterocycles. The van der Waals surface area contributed by atoms with Gasteiger partial charge in [0.1, 0.15) is 11.6 Å². The van der Waals surface area contributed by atoms with E-state index < -0.39 is 29.1 Å². The van der Waals surface area contributed by atoms with E-state index in [2.05, 4.69) is 10.6 Å². The van der Waals surface area contributed by atoms with E-state index in [1.807, 2.05) is 38.1 Å². The minimum atomic E-state index is -1.12. The number of hydrogen-bond donors (Lipinski definition) is 3. The largest absolute Gasteiger partial charge is 0.396 e. The lowest BCUT2D eigenvalue weighted by molar-refractivity contribution is -0.143. The molecular formula is C28H32ClN3O5. The van der Waals surface area contributed by atoms with Crippen LogP contribution in [0.2, 0.25) is 5.02 Å². The molecule has 5 atom stereocenters. The number of nitrogens with one attached hydrogen (secondary N) is 2. The average molecular weight is 526 g/mol. The predicted octanol–water partition coefficient (Wildman–Crippen LogP) is 3.76. The number of carbonyl (C=O) groups is 3. The summed E-state index contributed by atoms with van der Waals surface area (Å²) in [5, 5.41) is 15.6. The molecule has 0 aromatic heterocycles. The van der Waals surface area contributed by atoms with Crippen molar-refractivity contribution in [2.45, 2.75) is 56.8 Å². The lowest BCUT2D eigenvalue weighted by Gasteiger charge is -2.33. The molecule has 3 fully saturated rings. The van der Waals surface area contributed by atoms with Crippen molar-refractivity contribution in [3.63, 3.8) is 0 Å². The van der Waals surface area contributed by atoms with Gasteiger partial charge in [0, 0.05) is 18.8 Å². The van der Waals surface area contributed by atoms with Crippen molar-refractivity contribution in [2.24, 2.45) is 11.8 Å². The average Bonchev–Trinajstić information content (AvgIpc) is 3.43. The van der Waals surface area contributed by atoms with Crippen LogP contribution in [0.25, 0.3) is 0 Å². The summed E-state index contributed by atoms with van der Waals surface area (Å²) in [6.07, 6.45) is 2.07. The third-order valence-corrected chi connectivity index (χ3v) is 8.44. The predicted molar refractivity (Wildman–Crippen MR) is 140 cm³/mol. The summed E-state index contributed by atoms with van der Waals surface area (Å²) < 4.78 is 6.62. The second-order valence-corrected chi connectivity index (χ2v) is 10.9. The molecule has 2 aromatic carbocycles. The van der Waals surface area contributed by atoms with Crippen LogP contribution in [0.5, 0.6) is 0 Å². The third kappa shape index (κ3) is 4.21. The van der Waals surface area contributed by atoms with Crippen molar-refractivity contribution in [3.05, 3.63) is 59.1 Å². The van der Waals surface area contributed by atoms with E-state index in [1.54, 1.807) is 29.2 Å². The lowest BCUT2D eigenvalue weighted by atomic mass is 9.66. The van der Waals surface area contributed by atoms with E-state index in [9.17, 15) is 19.5 Å². The molecule has 2 unspecified atom stereocenters. The number of benzene rings is 2. The Morgan fingerprint density at radius 2 is 1.84 bits per heavy atom. The quantitative estimate of drug-likeness (QED) is 0.455. The fraction of sp³-hybridized carbons (Fsp3) is 0.464. The van der Waals surface area contributed by atoms with Crippen molar-refractivity contribution >= 4 is 40.7 Å². The molecule has 0 aliphatic carbocycles. The Hall–Kier alpha value is -2.94. The van der Waals surface area contributed by atoms with Gasteiger partial charge in [-0.2, -0.15) is 0 Å². The third-order valence-electron chi connectivity index (χ3n) is 8.13. The van der Waals surface area contributed by atoms with Gasteiger partial charge in [-0.25, -0.2) is 0 Å². The van der Waals surface area contributed by atoms with Crippen LogP contribution < -0.4 is 10.6 Å². The topological polar surface area (TPSA) is 108 Å². The summed E-state index contributed by atoms with van der Waals surface area (Å²) in [7, 11) is 0. The highest BCUT2D eigenvalue weighted by Gasteiger charge is 2.77. The first-order valence-electron chi connectivity index (χ1n) is 12.8. The van der Waals surface area contributed by atoms with Gasteiger partial charge in [0.25, 0.3) is 0 Å². The normalized spacial score (nSPS) is 29.9. The standard InChI is InChI=1S/C28H32ClN3O5/c1-17-9-8-12-19(29)22(17)31-25(35)23-28-14-13-27(2,37-28)20(24(34)30-18-10-4-3-5-11-18)21(28)26(36)32(23)15-6-7-16-33/h3-5,8-12,20-21,23,33H,6-7,13-16H2,1-2H3,(H,30,34)(H,31,35)/t20-,21+,23?,27+,28?/m1/s1. The number of hydrogen-bond acceptors (Lipinski definition) is 5. The first kappa shape index (κ1) is 25.7. The Kier molecular flexibility index (Phi) is 6.77. The van der Waals surface area contributed by atoms with Crippen molar-refractivity contribution < 1.29 is 24.2 Å².